The largest absolute Gasteiger partial charge is 1.00 e. The minimum Gasteiger partial charge on any atom is -0.759 e. The van der Waals surface area contributed by atoms with Crippen molar-refractivity contribution in [1.29, 1.82) is 0 Å². The molecule has 0 aliphatic heterocycles. The van der Waals surface area contributed by atoms with Gasteiger partial charge in [0.15, 0.2) is 0 Å². The molecule has 0 rings (SSSR count). The molecule has 0 aromatic carbocycles. The molecule has 0 spiro atoms. The molecule has 0 aromatic rings. The van der Waals surface area contributed by atoms with E-state index in [1.54, 1.807) is 0 Å². The van der Waals surface area contributed by atoms with E-state index in [9.17, 15) is 0 Å². The molecular weight excluding hydrogens is 260 g/mol. The van der Waals surface area contributed by atoms with Gasteiger partial charge in [0.05, 0.1) is 13.2 Å². The first-order valence-electron chi connectivity index (χ1n) is 3.95. The second-order valence-electron chi connectivity index (χ2n) is 2.29. The van der Waals surface area contributed by atoms with Crippen LogP contribution in [-0.4, -0.2) is 65.5 Å². The van der Waals surface area contributed by atoms with E-state index < -0.39 is 10.4 Å². The van der Waals surface area contributed by atoms with Gasteiger partial charge in [-0.15, -0.1) is 0 Å². The molecule has 0 aliphatic carbocycles. The van der Waals surface area contributed by atoms with Gasteiger partial charge in [0.1, 0.15) is 0 Å². The number of likely N-dealkylation sites (N-methyl/N-ethyl adjacent to an activating group) is 1. The Bertz CT molecular complexity index is 199. The first-order valence-corrected chi connectivity index (χ1v) is 5.29. The van der Waals surface area contributed by atoms with Crippen LogP contribution in [0.5, 0.6) is 0 Å². The van der Waals surface area contributed by atoms with Gasteiger partial charge < -0.3 is 19.3 Å². The number of hydrogen-bond donors (Lipinski definition) is 2. The molecule has 0 radical (unpaired) electrons. The summed E-state index contributed by atoms with van der Waals surface area (Å²) in [7, 11) is -5.17. The van der Waals surface area contributed by atoms with E-state index in [1.807, 2.05) is 11.8 Å². The Hall–Kier alpha value is 1.75. The summed E-state index contributed by atoms with van der Waals surface area (Å²) in [6, 6.07) is 0. The van der Waals surface area contributed by atoms with Gasteiger partial charge in [-0.1, -0.05) is 6.92 Å². The first-order chi connectivity index (χ1) is 6.35. The second kappa shape index (κ2) is 16.8. The molecule has 0 fully saturated rings. The number of aliphatic hydroxyl groups excluding tert-OH is 2. The van der Waals surface area contributed by atoms with Gasteiger partial charge in [-0.25, -0.2) is 0 Å². The summed E-state index contributed by atoms with van der Waals surface area (Å²) in [6.45, 7) is 4.57. The Morgan fingerprint density at radius 3 is 1.44 bits per heavy atom. The zero-order valence-electron chi connectivity index (χ0n) is 9.92. The van der Waals surface area contributed by atoms with Crippen molar-refractivity contribution in [2.75, 3.05) is 32.8 Å². The zero-order chi connectivity index (χ0) is 11.6. The van der Waals surface area contributed by atoms with Crippen molar-refractivity contribution in [3.8, 4) is 0 Å². The van der Waals surface area contributed by atoms with Crippen LogP contribution < -0.4 is 59.1 Å². The third-order valence-corrected chi connectivity index (χ3v) is 1.28. The van der Waals surface area contributed by atoms with Crippen molar-refractivity contribution in [1.82, 2.24) is 4.90 Å². The van der Waals surface area contributed by atoms with Crippen LogP contribution in [0.2, 0.25) is 0 Å². The Morgan fingerprint density at radius 2 is 1.31 bits per heavy atom. The molecule has 16 heavy (non-hydrogen) atoms. The van der Waals surface area contributed by atoms with Crippen LogP contribution in [0.1, 0.15) is 6.92 Å². The van der Waals surface area contributed by atoms with E-state index in [2.05, 4.69) is 0 Å². The van der Waals surface area contributed by atoms with Crippen LogP contribution in [0.25, 0.3) is 0 Å². The average Bonchev–Trinajstić information content (AvgIpc) is 2.01. The summed E-state index contributed by atoms with van der Waals surface area (Å²) in [5.74, 6) is 0. The summed E-state index contributed by atoms with van der Waals surface area (Å²) in [6.07, 6.45) is 0. The van der Waals surface area contributed by atoms with E-state index >= 15 is 0 Å². The number of rotatable bonds is 5. The van der Waals surface area contributed by atoms with Crippen LogP contribution in [0.4, 0.5) is 0 Å². The number of nitrogens with zero attached hydrogens (tertiary/aromatic N) is 1. The minimum atomic E-state index is -5.17. The zero-order valence-corrected chi connectivity index (χ0v) is 14.7. The topological polar surface area (TPSA) is 124 Å². The van der Waals surface area contributed by atoms with Crippen molar-refractivity contribution < 1.29 is 86.9 Å². The van der Waals surface area contributed by atoms with Gasteiger partial charge in [-0.2, -0.15) is 0 Å². The fourth-order valence-corrected chi connectivity index (χ4v) is 0.711. The van der Waals surface area contributed by atoms with E-state index in [-0.39, 0.29) is 72.3 Å². The van der Waals surface area contributed by atoms with Crippen molar-refractivity contribution in [2.24, 2.45) is 0 Å². The standard InChI is InChI=1S/C6H15NO2.2Na.H2O4S/c1-2-7(3-5-8)4-6-9;;;1-5(2,3)4/h8-9H,2-6H2,1H3;;;(H2,1,2,3,4)/q;2*+1;/p-2. The van der Waals surface area contributed by atoms with Gasteiger partial charge >= 0.3 is 59.1 Å². The maximum absolute atomic E-state index is 8.52. The normalized spacial score (nSPS) is 9.62. The molecule has 0 unspecified atom stereocenters. The first kappa shape index (κ1) is 26.3. The summed E-state index contributed by atoms with van der Waals surface area (Å²) in [5.41, 5.74) is 0. The third kappa shape index (κ3) is 36.0. The van der Waals surface area contributed by atoms with Crippen LogP contribution in [0.3, 0.4) is 0 Å². The van der Waals surface area contributed by atoms with Gasteiger partial charge in [0.25, 0.3) is 0 Å². The summed E-state index contributed by atoms with van der Waals surface area (Å²) < 4.78 is 34.1. The molecule has 0 heterocycles. The van der Waals surface area contributed by atoms with Crippen molar-refractivity contribution >= 4 is 10.4 Å². The predicted octanol–water partition coefficient (Wildman–Crippen LogP) is -8.04. The molecule has 0 saturated carbocycles. The second-order valence-corrected chi connectivity index (χ2v) is 3.11. The molecule has 0 aromatic heterocycles. The van der Waals surface area contributed by atoms with Gasteiger partial charge in [-0.3, -0.25) is 13.3 Å². The minimum absolute atomic E-state index is 0. The fourth-order valence-electron chi connectivity index (χ4n) is 0.711. The monoisotopic (exact) mass is 275 g/mol. The number of hydrogen-bond acceptors (Lipinski definition) is 7. The molecule has 0 saturated heterocycles. The molecule has 88 valence electrons. The van der Waals surface area contributed by atoms with Crippen LogP contribution in [0.15, 0.2) is 0 Å². The Labute approximate surface area is 140 Å². The molecule has 2 N–H and O–H groups in total. The number of aliphatic hydroxyl groups is 2. The summed E-state index contributed by atoms with van der Waals surface area (Å²) >= 11 is 0. The maximum Gasteiger partial charge on any atom is 1.00 e. The molecule has 0 atom stereocenters. The van der Waals surface area contributed by atoms with E-state index in [0.717, 1.165) is 6.54 Å². The molecule has 10 heteroatoms. The molecule has 0 aliphatic rings. The smallest absolute Gasteiger partial charge is 0.759 e. The predicted molar refractivity (Wildman–Crippen MR) is 46.8 cm³/mol. The van der Waals surface area contributed by atoms with Crippen molar-refractivity contribution in [3.63, 3.8) is 0 Å². The third-order valence-electron chi connectivity index (χ3n) is 1.28. The SMILES string of the molecule is CCN(CCO)CCO.O=S(=O)([O-])[O-].[Na+].[Na+]. The Morgan fingerprint density at radius 1 is 1.06 bits per heavy atom. The summed E-state index contributed by atoms with van der Waals surface area (Å²) in [4.78, 5) is 1.99. The van der Waals surface area contributed by atoms with E-state index in [4.69, 9.17) is 27.7 Å². The van der Waals surface area contributed by atoms with Crippen molar-refractivity contribution in [2.45, 2.75) is 6.92 Å². The van der Waals surface area contributed by atoms with Crippen LogP contribution >= 0.6 is 0 Å². The summed E-state index contributed by atoms with van der Waals surface area (Å²) in [5, 5.41) is 16.9. The van der Waals surface area contributed by atoms with Gasteiger partial charge in [0, 0.05) is 23.5 Å². The molecule has 7 nitrogen and oxygen atoms in total. The van der Waals surface area contributed by atoms with Crippen LogP contribution in [0, 0.1) is 0 Å². The molecule has 0 bridgehead atoms. The quantitative estimate of drug-likeness (QED) is 0.290. The average molecular weight is 275 g/mol. The molecular formula is C6H15NNa2O6S. The fraction of sp³-hybridized carbons (Fsp3) is 1.00. The van der Waals surface area contributed by atoms with Gasteiger partial charge in [-0.05, 0) is 6.54 Å². The van der Waals surface area contributed by atoms with Gasteiger partial charge in [0.2, 0.25) is 0 Å². The Kier molecular flexibility index (Phi) is 27.6. The van der Waals surface area contributed by atoms with E-state index in [1.165, 1.54) is 0 Å². The Balaban J connectivity index is -0.0000000904. The molecule has 0 amide bonds. The van der Waals surface area contributed by atoms with E-state index in [0.29, 0.717) is 13.1 Å². The maximum atomic E-state index is 8.52. The van der Waals surface area contributed by atoms with Crippen molar-refractivity contribution in [3.05, 3.63) is 0 Å². The van der Waals surface area contributed by atoms with Crippen LogP contribution in [-0.2, 0) is 10.4 Å².